The van der Waals surface area contributed by atoms with Gasteiger partial charge in [0.1, 0.15) is 0 Å². The fraction of sp³-hybridized carbons (Fsp3) is 0.474. The number of anilines is 1. The topological polar surface area (TPSA) is 36.1 Å². The molecule has 2 aromatic rings. The molecular formula is C19H24ClN3S. The molecule has 2 unspecified atom stereocenters. The Kier molecular flexibility index (Phi) is 4.81. The highest BCUT2D eigenvalue weighted by Crippen LogP contribution is 2.42. The number of benzene rings is 1. The molecule has 0 bridgehead atoms. The van der Waals surface area contributed by atoms with Crippen LogP contribution in [0, 0.1) is 0 Å². The van der Waals surface area contributed by atoms with Gasteiger partial charge in [0.2, 0.25) is 0 Å². The van der Waals surface area contributed by atoms with Crippen molar-refractivity contribution in [2.45, 2.75) is 51.4 Å². The molecule has 0 saturated heterocycles. The number of hydrogen-bond acceptors (Lipinski definition) is 4. The SMILES string of the molecule is CC1Nc2sc3c(c2C(NCCc2ccc(Cl)cc2)N1)CCCC3. The summed E-state index contributed by atoms with van der Waals surface area (Å²) in [7, 11) is 0. The van der Waals surface area contributed by atoms with E-state index in [-0.39, 0.29) is 6.17 Å². The van der Waals surface area contributed by atoms with Gasteiger partial charge in [-0.2, -0.15) is 0 Å². The molecule has 0 radical (unpaired) electrons. The lowest BCUT2D eigenvalue weighted by atomic mass is 9.93. The van der Waals surface area contributed by atoms with Gasteiger partial charge in [0.15, 0.2) is 0 Å². The fourth-order valence-electron chi connectivity index (χ4n) is 3.75. The lowest BCUT2D eigenvalue weighted by Crippen LogP contribution is -2.47. The molecule has 4 rings (SSSR count). The molecule has 0 saturated carbocycles. The lowest BCUT2D eigenvalue weighted by Gasteiger charge is -2.32. The minimum atomic E-state index is 0.252. The zero-order valence-electron chi connectivity index (χ0n) is 14.0. The number of hydrogen-bond donors (Lipinski definition) is 3. The molecule has 1 aromatic heterocycles. The molecule has 1 aliphatic carbocycles. The van der Waals surface area contributed by atoms with Crippen LogP contribution in [-0.2, 0) is 19.3 Å². The maximum atomic E-state index is 5.96. The number of nitrogens with one attached hydrogen (secondary N) is 3. The summed E-state index contributed by atoms with van der Waals surface area (Å²) in [6.07, 6.45) is 6.70. The van der Waals surface area contributed by atoms with Crippen molar-refractivity contribution in [2.75, 3.05) is 11.9 Å². The summed E-state index contributed by atoms with van der Waals surface area (Å²) in [5.74, 6) is 0. The largest absolute Gasteiger partial charge is 0.362 e. The van der Waals surface area contributed by atoms with Crippen LogP contribution < -0.4 is 16.0 Å². The molecule has 128 valence electrons. The van der Waals surface area contributed by atoms with Gasteiger partial charge in [-0.25, -0.2) is 0 Å². The molecular weight excluding hydrogens is 338 g/mol. The number of aryl methyl sites for hydroxylation is 1. The van der Waals surface area contributed by atoms with Crippen LogP contribution in [0.1, 0.15) is 47.5 Å². The van der Waals surface area contributed by atoms with Crippen LogP contribution in [0.2, 0.25) is 5.02 Å². The van der Waals surface area contributed by atoms with Gasteiger partial charge in [0.25, 0.3) is 0 Å². The Hall–Kier alpha value is -1.07. The highest BCUT2D eigenvalue weighted by molar-refractivity contribution is 7.16. The van der Waals surface area contributed by atoms with Crippen LogP contribution in [0.15, 0.2) is 24.3 Å². The second-order valence-electron chi connectivity index (χ2n) is 6.75. The number of halogens is 1. The minimum absolute atomic E-state index is 0.252. The third-order valence-corrected chi connectivity index (χ3v) is 6.43. The maximum absolute atomic E-state index is 5.96. The summed E-state index contributed by atoms with van der Waals surface area (Å²) < 4.78 is 0. The van der Waals surface area contributed by atoms with Crippen LogP contribution in [0.3, 0.4) is 0 Å². The van der Waals surface area contributed by atoms with Crippen LogP contribution in [0.5, 0.6) is 0 Å². The first-order valence-corrected chi connectivity index (χ1v) is 10.0. The zero-order valence-corrected chi connectivity index (χ0v) is 15.6. The van der Waals surface area contributed by atoms with Gasteiger partial charge >= 0.3 is 0 Å². The Balaban J connectivity index is 1.47. The zero-order chi connectivity index (χ0) is 16.5. The van der Waals surface area contributed by atoms with E-state index in [1.807, 2.05) is 23.5 Å². The van der Waals surface area contributed by atoms with E-state index in [0.717, 1.165) is 18.0 Å². The summed E-state index contributed by atoms with van der Waals surface area (Å²) in [6, 6.07) is 8.16. The molecule has 3 nitrogen and oxygen atoms in total. The van der Waals surface area contributed by atoms with Crippen molar-refractivity contribution >= 4 is 27.9 Å². The molecule has 2 aliphatic rings. The molecule has 5 heteroatoms. The van der Waals surface area contributed by atoms with Crippen LogP contribution in [0.25, 0.3) is 0 Å². The van der Waals surface area contributed by atoms with Gasteiger partial charge < -0.3 is 5.32 Å². The first kappa shape index (κ1) is 16.4. The molecule has 0 spiro atoms. The first-order chi connectivity index (χ1) is 11.7. The van der Waals surface area contributed by atoms with Crippen molar-refractivity contribution in [3.05, 3.63) is 50.9 Å². The van der Waals surface area contributed by atoms with E-state index in [2.05, 4.69) is 35.0 Å². The molecule has 0 fully saturated rings. The van der Waals surface area contributed by atoms with Gasteiger partial charge in [-0.15, -0.1) is 11.3 Å². The second kappa shape index (κ2) is 7.04. The summed E-state index contributed by atoms with van der Waals surface area (Å²) in [5, 5.41) is 13.2. The predicted octanol–water partition coefficient (Wildman–Crippen LogP) is 4.47. The number of thiophene rings is 1. The van der Waals surface area contributed by atoms with Gasteiger partial charge in [-0.3, -0.25) is 10.6 Å². The van der Waals surface area contributed by atoms with Crippen molar-refractivity contribution in [3.8, 4) is 0 Å². The van der Waals surface area contributed by atoms with Gasteiger partial charge in [0, 0.05) is 22.0 Å². The van der Waals surface area contributed by atoms with E-state index in [4.69, 9.17) is 11.6 Å². The molecule has 24 heavy (non-hydrogen) atoms. The van der Waals surface area contributed by atoms with Crippen LogP contribution in [0.4, 0.5) is 5.00 Å². The number of rotatable bonds is 4. The molecule has 2 atom stereocenters. The molecule has 2 heterocycles. The minimum Gasteiger partial charge on any atom is -0.362 e. The smallest absolute Gasteiger partial charge is 0.0962 e. The van der Waals surface area contributed by atoms with Crippen LogP contribution in [-0.4, -0.2) is 12.7 Å². The van der Waals surface area contributed by atoms with Gasteiger partial charge in [0.05, 0.1) is 17.3 Å². The average Bonchev–Trinajstić information content (AvgIpc) is 2.94. The molecule has 1 aliphatic heterocycles. The highest BCUT2D eigenvalue weighted by atomic mass is 35.5. The first-order valence-electron chi connectivity index (χ1n) is 8.85. The second-order valence-corrected chi connectivity index (χ2v) is 8.29. The third kappa shape index (κ3) is 3.33. The third-order valence-electron chi connectivity index (χ3n) is 4.94. The van der Waals surface area contributed by atoms with E-state index in [9.17, 15) is 0 Å². The van der Waals surface area contributed by atoms with E-state index in [1.165, 1.54) is 41.8 Å². The van der Waals surface area contributed by atoms with E-state index < -0.39 is 0 Å². The quantitative estimate of drug-likeness (QED) is 0.751. The fourth-order valence-corrected chi connectivity index (χ4v) is 5.29. The van der Waals surface area contributed by atoms with E-state index >= 15 is 0 Å². The van der Waals surface area contributed by atoms with Gasteiger partial charge in [-0.1, -0.05) is 23.7 Å². The van der Waals surface area contributed by atoms with Crippen molar-refractivity contribution in [3.63, 3.8) is 0 Å². The maximum Gasteiger partial charge on any atom is 0.0962 e. The Morgan fingerprint density at radius 1 is 1.21 bits per heavy atom. The van der Waals surface area contributed by atoms with Crippen LogP contribution >= 0.6 is 22.9 Å². The normalized spacial score (nSPS) is 22.6. The highest BCUT2D eigenvalue weighted by Gasteiger charge is 2.30. The van der Waals surface area contributed by atoms with Crippen molar-refractivity contribution in [1.29, 1.82) is 0 Å². The monoisotopic (exact) mass is 361 g/mol. The summed E-state index contributed by atoms with van der Waals surface area (Å²) in [5.41, 5.74) is 4.39. The van der Waals surface area contributed by atoms with Crippen molar-refractivity contribution in [2.24, 2.45) is 0 Å². The average molecular weight is 362 g/mol. The molecule has 3 N–H and O–H groups in total. The van der Waals surface area contributed by atoms with E-state index in [0.29, 0.717) is 6.17 Å². The standard InChI is InChI=1S/C19H24ClN3S/c1-12-22-18(21-11-10-13-6-8-14(20)9-7-13)17-15-4-2-3-5-16(15)24-19(17)23-12/h6-9,12,18,21-23H,2-5,10-11H2,1H3. The Bertz CT molecular complexity index is 710. The van der Waals surface area contributed by atoms with E-state index in [1.54, 1.807) is 10.4 Å². The summed E-state index contributed by atoms with van der Waals surface area (Å²) in [6.45, 7) is 3.14. The Morgan fingerprint density at radius 2 is 2.00 bits per heavy atom. The van der Waals surface area contributed by atoms with Gasteiger partial charge in [-0.05, 0) is 62.3 Å². The summed E-state index contributed by atoms with van der Waals surface area (Å²) >= 11 is 7.93. The summed E-state index contributed by atoms with van der Waals surface area (Å²) in [4.78, 5) is 1.60. The van der Waals surface area contributed by atoms with Crippen molar-refractivity contribution < 1.29 is 0 Å². The Labute approximate surface area is 152 Å². The molecule has 1 aromatic carbocycles. The predicted molar refractivity (Wildman–Crippen MR) is 103 cm³/mol. The lowest BCUT2D eigenvalue weighted by molar-refractivity contribution is 0.396. The molecule has 0 amide bonds. The number of fused-ring (bicyclic) bond motifs is 3. The Morgan fingerprint density at radius 3 is 2.83 bits per heavy atom. The van der Waals surface area contributed by atoms with Crippen molar-refractivity contribution in [1.82, 2.24) is 10.6 Å².